The van der Waals surface area contributed by atoms with Crippen LogP contribution in [0.15, 0.2) is 24.3 Å². The second kappa shape index (κ2) is 6.70. The van der Waals surface area contributed by atoms with E-state index in [0.29, 0.717) is 5.56 Å². The monoisotopic (exact) mass is 255 g/mol. The van der Waals surface area contributed by atoms with Gasteiger partial charge in [-0.05, 0) is 17.7 Å². The van der Waals surface area contributed by atoms with Crippen LogP contribution in [0.1, 0.15) is 18.0 Å². The van der Waals surface area contributed by atoms with Gasteiger partial charge >= 0.3 is 5.97 Å². The Morgan fingerprint density at radius 1 is 1.39 bits per heavy atom. The first-order valence-corrected chi connectivity index (χ1v) is 5.28. The quantitative estimate of drug-likeness (QED) is 0.798. The van der Waals surface area contributed by atoms with Gasteiger partial charge in [-0.25, -0.2) is 4.39 Å². The fourth-order valence-corrected chi connectivity index (χ4v) is 1.49. The number of amides is 1. The second-order valence-corrected chi connectivity index (χ2v) is 3.70. The molecule has 0 aliphatic rings. The van der Waals surface area contributed by atoms with Crippen molar-refractivity contribution < 1.29 is 23.8 Å². The third kappa shape index (κ3) is 4.50. The van der Waals surface area contributed by atoms with E-state index in [2.05, 4.69) is 10.1 Å². The predicted molar refractivity (Wildman–Crippen MR) is 61.4 cm³/mol. The third-order valence-electron chi connectivity index (χ3n) is 2.26. The molecule has 5 nitrogen and oxygen atoms in total. The average Bonchev–Trinajstić information content (AvgIpc) is 2.28. The zero-order chi connectivity index (χ0) is 13.5. The molecule has 1 rings (SSSR count). The molecule has 98 valence electrons. The summed E-state index contributed by atoms with van der Waals surface area (Å²) in [5.41, 5.74) is 0.531. The second-order valence-electron chi connectivity index (χ2n) is 3.70. The van der Waals surface area contributed by atoms with E-state index in [1.807, 2.05) is 0 Å². The summed E-state index contributed by atoms with van der Waals surface area (Å²) in [5.74, 6) is -1.90. The summed E-state index contributed by atoms with van der Waals surface area (Å²) in [6, 6.07) is 4.61. The molecule has 1 aromatic carbocycles. The minimum atomic E-state index is -1.05. The van der Waals surface area contributed by atoms with Crippen LogP contribution in [-0.4, -0.2) is 30.7 Å². The summed E-state index contributed by atoms with van der Waals surface area (Å²) in [7, 11) is 1.36. The van der Waals surface area contributed by atoms with Gasteiger partial charge in [0.15, 0.2) is 0 Å². The maximum Gasteiger partial charge on any atom is 0.305 e. The Morgan fingerprint density at radius 3 is 2.50 bits per heavy atom. The molecule has 0 radical (unpaired) electrons. The molecular formula is C12H14FNO4. The molecule has 0 saturated carbocycles. The van der Waals surface area contributed by atoms with Gasteiger partial charge in [0.1, 0.15) is 12.4 Å². The number of methoxy groups -OCH3 is 1. The lowest BCUT2D eigenvalue weighted by molar-refractivity contribution is -0.137. The number of aliphatic carboxylic acids is 1. The summed E-state index contributed by atoms with van der Waals surface area (Å²) in [5, 5.41) is 11.3. The van der Waals surface area contributed by atoms with Crippen molar-refractivity contribution in [3.05, 3.63) is 35.6 Å². The number of nitrogens with one attached hydrogen (secondary N) is 1. The van der Waals surface area contributed by atoms with Crippen LogP contribution in [0, 0.1) is 5.82 Å². The number of halogens is 1. The van der Waals surface area contributed by atoms with Gasteiger partial charge in [-0.2, -0.15) is 0 Å². The predicted octanol–water partition coefficient (Wildman–Crippen LogP) is 1.10. The number of carboxylic acids is 1. The van der Waals surface area contributed by atoms with Crippen LogP contribution in [0.25, 0.3) is 0 Å². The molecule has 1 amide bonds. The van der Waals surface area contributed by atoms with Gasteiger partial charge in [0.05, 0.1) is 12.5 Å². The molecule has 1 atom stereocenters. The molecule has 0 aliphatic heterocycles. The first kappa shape index (κ1) is 14.1. The fourth-order valence-electron chi connectivity index (χ4n) is 1.49. The zero-order valence-electron chi connectivity index (χ0n) is 9.85. The highest BCUT2D eigenvalue weighted by Crippen LogP contribution is 2.17. The van der Waals surface area contributed by atoms with Gasteiger partial charge in [0.25, 0.3) is 0 Å². The van der Waals surface area contributed by atoms with Gasteiger partial charge in [-0.3, -0.25) is 9.59 Å². The molecule has 2 N–H and O–H groups in total. The van der Waals surface area contributed by atoms with E-state index in [4.69, 9.17) is 5.11 Å². The summed E-state index contributed by atoms with van der Waals surface area (Å²) in [4.78, 5) is 22.1. The first-order chi connectivity index (χ1) is 8.52. The van der Waals surface area contributed by atoms with E-state index in [-0.39, 0.29) is 13.0 Å². The van der Waals surface area contributed by atoms with Crippen molar-refractivity contribution in [3.63, 3.8) is 0 Å². The molecule has 0 saturated heterocycles. The molecule has 0 spiro atoms. The van der Waals surface area contributed by atoms with Gasteiger partial charge in [0.2, 0.25) is 5.91 Å². The number of hydrogen-bond acceptors (Lipinski definition) is 3. The Morgan fingerprint density at radius 2 is 2.00 bits per heavy atom. The van der Waals surface area contributed by atoms with Crippen molar-refractivity contribution in [2.24, 2.45) is 0 Å². The normalized spacial score (nSPS) is 11.9. The summed E-state index contributed by atoms with van der Waals surface area (Å²) < 4.78 is 17.4. The van der Waals surface area contributed by atoms with E-state index in [1.54, 1.807) is 0 Å². The largest absolute Gasteiger partial charge is 0.481 e. The zero-order valence-corrected chi connectivity index (χ0v) is 9.85. The number of hydrogen-bond donors (Lipinski definition) is 2. The fraction of sp³-hybridized carbons (Fsp3) is 0.333. The smallest absolute Gasteiger partial charge is 0.305 e. The van der Waals surface area contributed by atoms with Crippen LogP contribution < -0.4 is 5.32 Å². The highest BCUT2D eigenvalue weighted by Gasteiger charge is 2.17. The number of rotatable bonds is 6. The van der Waals surface area contributed by atoms with Gasteiger partial charge in [0, 0.05) is 7.11 Å². The van der Waals surface area contributed by atoms with E-state index >= 15 is 0 Å². The van der Waals surface area contributed by atoms with Crippen molar-refractivity contribution >= 4 is 11.9 Å². The molecule has 6 heteroatoms. The molecule has 18 heavy (non-hydrogen) atoms. The van der Waals surface area contributed by atoms with E-state index < -0.39 is 23.7 Å². The van der Waals surface area contributed by atoms with E-state index in [9.17, 15) is 14.0 Å². The molecular weight excluding hydrogens is 241 g/mol. The van der Waals surface area contributed by atoms with Crippen molar-refractivity contribution in [2.75, 3.05) is 13.7 Å². The van der Waals surface area contributed by atoms with Crippen LogP contribution in [0.4, 0.5) is 4.39 Å². The number of carbonyl (C=O) groups excluding carboxylic acids is 1. The van der Waals surface area contributed by atoms with Crippen molar-refractivity contribution in [3.8, 4) is 0 Å². The highest BCUT2D eigenvalue weighted by molar-refractivity contribution is 5.78. The third-order valence-corrected chi connectivity index (χ3v) is 2.26. The van der Waals surface area contributed by atoms with Crippen LogP contribution >= 0.6 is 0 Å². The molecule has 0 bridgehead atoms. The van der Waals surface area contributed by atoms with E-state index in [1.165, 1.54) is 31.4 Å². The van der Waals surface area contributed by atoms with Crippen LogP contribution in [0.2, 0.25) is 0 Å². The number of benzene rings is 1. The Bertz CT molecular complexity index is 419. The lowest BCUT2D eigenvalue weighted by atomic mass is 10.0. The molecule has 0 aromatic heterocycles. The minimum Gasteiger partial charge on any atom is -0.481 e. The Kier molecular flexibility index (Phi) is 5.26. The lowest BCUT2D eigenvalue weighted by Crippen LogP contribution is -2.32. The van der Waals surface area contributed by atoms with Crippen LogP contribution in [0.5, 0.6) is 0 Å². The number of carboxylic acid groups (broad SMARTS) is 1. The number of ether oxygens (including phenoxy) is 1. The summed E-state index contributed by atoms with van der Waals surface area (Å²) in [6.07, 6.45) is -0.277. The van der Waals surface area contributed by atoms with Gasteiger partial charge in [-0.1, -0.05) is 12.1 Å². The standard InChI is InChI=1S/C12H14FNO4/c1-18-7-11(15)14-10(6-12(16)17)8-2-4-9(13)5-3-8/h2-5,10H,6-7H2,1H3,(H,14,15)(H,16,17)/t10-/m1/s1. The average molecular weight is 255 g/mol. The van der Waals surface area contributed by atoms with Crippen molar-refractivity contribution in [1.29, 1.82) is 0 Å². The maximum absolute atomic E-state index is 12.8. The van der Waals surface area contributed by atoms with Crippen LogP contribution in [-0.2, 0) is 14.3 Å². The highest BCUT2D eigenvalue weighted by atomic mass is 19.1. The lowest BCUT2D eigenvalue weighted by Gasteiger charge is -2.17. The Balaban J connectivity index is 2.80. The summed E-state index contributed by atoms with van der Waals surface area (Å²) in [6.45, 7) is -0.155. The molecule has 1 aromatic rings. The molecule has 0 heterocycles. The maximum atomic E-state index is 12.8. The summed E-state index contributed by atoms with van der Waals surface area (Å²) >= 11 is 0. The topological polar surface area (TPSA) is 75.6 Å². The van der Waals surface area contributed by atoms with Crippen molar-refractivity contribution in [2.45, 2.75) is 12.5 Å². The van der Waals surface area contributed by atoms with E-state index in [0.717, 1.165) is 0 Å². The Labute approximate surface area is 104 Å². The number of carbonyl (C=O) groups is 2. The molecule has 0 fully saturated rings. The Hall–Kier alpha value is -1.95. The molecule has 0 unspecified atom stereocenters. The van der Waals surface area contributed by atoms with Gasteiger partial charge < -0.3 is 15.2 Å². The first-order valence-electron chi connectivity index (χ1n) is 5.28. The van der Waals surface area contributed by atoms with Crippen LogP contribution in [0.3, 0.4) is 0 Å². The SMILES string of the molecule is COCC(=O)N[C@H](CC(=O)O)c1ccc(F)cc1. The van der Waals surface area contributed by atoms with Gasteiger partial charge in [-0.15, -0.1) is 0 Å². The minimum absolute atomic E-state index is 0.155. The molecule has 0 aliphatic carbocycles. The van der Waals surface area contributed by atoms with Crippen molar-refractivity contribution in [1.82, 2.24) is 5.32 Å².